The van der Waals surface area contributed by atoms with Crippen molar-refractivity contribution in [2.75, 3.05) is 18.8 Å². The Hall–Kier alpha value is -2.46. The molecule has 0 heterocycles. The van der Waals surface area contributed by atoms with Crippen molar-refractivity contribution in [1.29, 1.82) is 0 Å². The van der Waals surface area contributed by atoms with Crippen molar-refractivity contribution in [2.24, 2.45) is 17.2 Å². The predicted molar refractivity (Wildman–Crippen MR) is 140 cm³/mol. The quantitative estimate of drug-likeness (QED) is 0.0574. The molecule has 37 heavy (non-hydrogen) atoms. The number of carboxylic acid groups (broad SMARTS) is 1. The van der Waals surface area contributed by atoms with Gasteiger partial charge in [-0.15, -0.1) is 0 Å². The van der Waals surface area contributed by atoms with Gasteiger partial charge in [0.2, 0.25) is 23.6 Å². The third-order valence-electron chi connectivity index (χ3n) is 5.50. The zero-order valence-corrected chi connectivity index (χ0v) is 22.3. The lowest BCUT2D eigenvalue weighted by Gasteiger charge is -2.25. The molecule has 0 unspecified atom stereocenters. The molecule has 0 aromatic carbocycles. The van der Waals surface area contributed by atoms with Gasteiger partial charge >= 0.3 is 5.97 Å². The van der Waals surface area contributed by atoms with Gasteiger partial charge < -0.3 is 48.7 Å². The van der Waals surface area contributed by atoms with Gasteiger partial charge in [0.1, 0.15) is 18.1 Å². The molecule has 0 aliphatic carbocycles. The second kappa shape index (κ2) is 18.7. The maximum atomic E-state index is 12.9. The fourth-order valence-electron chi connectivity index (χ4n) is 3.19. The van der Waals surface area contributed by atoms with Crippen LogP contribution in [0.2, 0.25) is 0 Å². The first-order chi connectivity index (χ1) is 17.4. The van der Waals surface area contributed by atoms with Gasteiger partial charge in [-0.25, -0.2) is 4.79 Å². The van der Waals surface area contributed by atoms with Crippen LogP contribution < -0.4 is 38.5 Å². The van der Waals surface area contributed by atoms with Gasteiger partial charge in [-0.05, 0) is 59.0 Å². The zero-order valence-electron chi connectivity index (χ0n) is 21.4. The van der Waals surface area contributed by atoms with E-state index in [2.05, 4.69) is 33.9 Å². The molecule has 0 aromatic heterocycles. The molecule has 0 aliphatic rings. The van der Waals surface area contributed by atoms with E-state index >= 15 is 0 Å². The number of carbonyl (C=O) groups is 5. The minimum Gasteiger partial charge on any atom is -0.480 e. The van der Waals surface area contributed by atoms with E-state index in [0.717, 1.165) is 6.42 Å². The SMILES string of the molecule is C[C@H](NC(=O)[C@@H](N)CCCCN)C(=O)N[C@@H](CCCCN)C(=O)N[C@@H](CS)C(=O)N[C@H](C(=O)O)[C@@H](C)O. The summed E-state index contributed by atoms with van der Waals surface area (Å²) in [6, 6.07) is -5.70. The lowest BCUT2D eigenvalue weighted by atomic mass is 10.1. The van der Waals surface area contributed by atoms with Crippen LogP contribution in [0, 0.1) is 0 Å². The number of aliphatic carboxylic acids is 1. The Kier molecular flexibility index (Phi) is 17.5. The molecule has 214 valence electrons. The van der Waals surface area contributed by atoms with Crippen LogP contribution in [0.15, 0.2) is 0 Å². The van der Waals surface area contributed by atoms with Gasteiger partial charge in [0.05, 0.1) is 12.1 Å². The van der Waals surface area contributed by atoms with E-state index in [1.165, 1.54) is 13.8 Å². The lowest BCUT2D eigenvalue weighted by Crippen LogP contribution is -2.59. The van der Waals surface area contributed by atoms with Crippen LogP contribution in [0.1, 0.15) is 52.4 Å². The summed E-state index contributed by atoms with van der Waals surface area (Å²) in [7, 11) is 0. The predicted octanol–water partition coefficient (Wildman–Crippen LogP) is -3.07. The first-order valence-corrected chi connectivity index (χ1v) is 12.9. The van der Waals surface area contributed by atoms with Crippen LogP contribution in [-0.4, -0.2) is 95.0 Å². The van der Waals surface area contributed by atoms with Gasteiger partial charge in [0.15, 0.2) is 6.04 Å². The molecular weight excluding hydrogens is 506 g/mol. The van der Waals surface area contributed by atoms with Crippen molar-refractivity contribution in [3.8, 4) is 0 Å². The highest BCUT2D eigenvalue weighted by Gasteiger charge is 2.31. The third kappa shape index (κ3) is 13.6. The van der Waals surface area contributed by atoms with Crippen LogP contribution in [0.25, 0.3) is 0 Å². The summed E-state index contributed by atoms with van der Waals surface area (Å²) in [5.41, 5.74) is 16.8. The van der Waals surface area contributed by atoms with Crippen LogP contribution in [-0.2, 0) is 24.0 Å². The summed E-state index contributed by atoms with van der Waals surface area (Å²) in [6.07, 6.45) is 1.67. The number of unbranched alkanes of at least 4 members (excludes halogenated alkanes) is 2. The van der Waals surface area contributed by atoms with Gasteiger partial charge in [-0.3, -0.25) is 19.2 Å². The van der Waals surface area contributed by atoms with Crippen molar-refractivity contribution in [3.05, 3.63) is 0 Å². The van der Waals surface area contributed by atoms with Crippen molar-refractivity contribution in [3.63, 3.8) is 0 Å². The van der Waals surface area contributed by atoms with Gasteiger partial charge in [0, 0.05) is 5.75 Å². The highest BCUT2D eigenvalue weighted by Crippen LogP contribution is 2.05. The van der Waals surface area contributed by atoms with Crippen molar-refractivity contribution >= 4 is 42.2 Å². The molecular formula is C22H43N7O7S. The number of amides is 4. The van der Waals surface area contributed by atoms with Crippen molar-refractivity contribution < 1.29 is 34.2 Å². The fraction of sp³-hybridized carbons (Fsp3) is 0.773. The Morgan fingerprint density at radius 2 is 1.27 bits per heavy atom. The van der Waals surface area contributed by atoms with Crippen molar-refractivity contribution in [1.82, 2.24) is 21.3 Å². The Labute approximate surface area is 222 Å². The second-order valence-electron chi connectivity index (χ2n) is 8.78. The lowest BCUT2D eigenvalue weighted by molar-refractivity contribution is -0.145. The van der Waals surface area contributed by atoms with Crippen molar-refractivity contribution in [2.45, 2.75) is 88.7 Å². The average Bonchev–Trinajstić information content (AvgIpc) is 2.84. The summed E-state index contributed by atoms with van der Waals surface area (Å²) >= 11 is 4.04. The molecule has 15 heteroatoms. The van der Waals surface area contributed by atoms with E-state index in [1.807, 2.05) is 0 Å². The molecule has 0 aliphatic heterocycles. The molecule has 0 spiro atoms. The Morgan fingerprint density at radius 3 is 1.76 bits per heavy atom. The Bertz CT molecular complexity index is 757. The van der Waals surface area contributed by atoms with E-state index < -0.39 is 65.9 Å². The number of aliphatic hydroxyl groups excluding tert-OH is 1. The molecule has 0 saturated heterocycles. The number of carbonyl (C=O) groups excluding carboxylic acids is 4. The molecule has 0 fully saturated rings. The van der Waals surface area contributed by atoms with Gasteiger partial charge in [-0.2, -0.15) is 12.6 Å². The highest BCUT2D eigenvalue weighted by molar-refractivity contribution is 7.80. The van der Waals surface area contributed by atoms with Gasteiger partial charge in [0.25, 0.3) is 0 Å². The molecule has 0 bridgehead atoms. The number of rotatable bonds is 19. The minimum atomic E-state index is -1.59. The number of aliphatic hydroxyl groups is 1. The normalized spacial score (nSPS) is 15.9. The average molecular weight is 550 g/mol. The van der Waals surface area contributed by atoms with Crippen LogP contribution in [0.3, 0.4) is 0 Å². The number of hydrogen-bond acceptors (Lipinski definition) is 10. The first-order valence-electron chi connectivity index (χ1n) is 12.3. The summed E-state index contributed by atoms with van der Waals surface area (Å²) in [5, 5.41) is 28.4. The summed E-state index contributed by atoms with van der Waals surface area (Å²) in [5.74, 6) is -4.35. The molecule has 6 atom stereocenters. The molecule has 12 N–H and O–H groups in total. The van der Waals surface area contributed by atoms with Crippen LogP contribution in [0.5, 0.6) is 0 Å². The van der Waals surface area contributed by atoms with Crippen LogP contribution in [0.4, 0.5) is 0 Å². The maximum Gasteiger partial charge on any atom is 0.328 e. The molecule has 0 aromatic rings. The monoisotopic (exact) mass is 549 g/mol. The third-order valence-corrected chi connectivity index (χ3v) is 5.86. The van der Waals surface area contributed by atoms with E-state index in [1.54, 1.807) is 0 Å². The van der Waals surface area contributed by atoms with E-state index in [9.17, 15) is 29.1 Å². The molecule has 0 radical (unpaired) electrons. The number of nitrogens with two attached hydrogens (primary N) is 3. The fourth-order valence-corrected chi connectivity index (χ4v) is 3.45. The summed E-state index contributed by atoms with van der Waals surface area (Å²) in [6.45, 7) is 3.50. The minimum absolute atomic E-state index is 0.179. The molecule has 0 saturated carbocycles. The van der Waals surface area contributed by atoms with E-state index in [0.29, 0.717) is 38.8 Å². The van der Waals surface area contributed by atoms with E-state index in [-0.39, 0.29) is 12.2 Å². The zero-order chi connectivity index (χ0) is 28.5. The maximum absolute atomic E-state index is 12.9. The number of thiol groups is 1. The molecule has 14 nitrogen and oxygen atoms in total. The largest absolute Gasteiger partial charge is 0.480 e. The smallest absolute Gasteiger partial charge is 0.328 e. The number of hydrogen-bond donors (Lipinski definition) is 10. The van der Waals surface area contributed by atoms with E-state index in [4.69, 9.17) is 22.3 Å². The number of carboxylic acids is 1. The standard InChI is InChI=1S/C22H43N7O7S/c1-12(26-19(32)14(25)7-3-5-9-23)18(31)27-15(8-4-6-10-24)20(33)28-16(11-37)21(34)29-17(13(2)30)22(35)36/h12-17,30,37H,3-11,23-25H2,1-2H3,(H,26,32)(H,27,31)(H,28,33)(H,29,34)(H,35,36)/t12-,13+,14-,15-,16-,17-/m0/s1. The first kappa shape index (κ1) is 34.5. The highest BCUT2D eigenvalue weighted by atomic mass is 32.1. The second-order valence-corrected chi connectivity index (χ2v) is 9.14. The number of nitrogens with one attached hydrogen (secondary N) is 4. The summed E-state index contributed by atoms with van der Waals surface area (Å²) in [4.78, 5) is 61.7. The van der Waals surface area contributed by atoms with Crippen LogP contribution >= 0.6 is 12.6 Å². The topological polar surface area (TPSA) is 252 Å². The Morgan fingerprint density at radius 1 is 0.757 bits per heavy atom. The Balaban J connectivity index is 5.26. The molecule has 0 rings (SSSR count). The summed E-state index contributed by atoms with van der Waals surface area (Å²) < 4.78 is 0. The van der Waals surface area contributed by atoms with Gasteiger partial charge in [-0.1, -0.05) is 6.42 Å². The molecule has 4 amide bonds.